The Hall–Kier alpha value is -3.70. The highest BCUT2D eigenvalue weighted by Gasteiger charge is 2.35. The van der Waals surface area contributed by atoms with Gasteiger partial charge in [0.05, 0.1) is 12.0 Å². The highest BCUT2D eigenvalue weighted by molar-refractivity contribution is 5.94. The van der Waals surface area contributed by atoms with Crippen LogP contribution in [0.1, 0.15) is 86.3 Å². The second-order valence-electron chi connectivity index (χ2n) is 11.7. The number of nitrogens with one attached hydrogen (secondary N) is 2. The molecule has 0 spiro atoms. The van der Waals surface area contributed by atoms with Gasteiger partial charge in [0, 0.05) is 35.9 Å². The first-order valence-corrected chi connectivity index (χ1v) is 13.7. The van der Waals surface area contributed by atoms with Gasteiger partial charge in [-0.2, -0.15) is 13.2 Å². The van der Waals surface area contributed by atoms with Crippen molar-refractivity contribution in [2.24, 2.45) is 11.3 Å². The predicted octanol–water partition coefficient (Wildman–Crippen LogP) is 7.49. The van der Waals surface area contributed by atoms with Gasteiger partial charge in [-0.1, -0.05) is 32.9 Å². The molecule has 12 heteroatoms. The third kappa shape index (κ3) is 9.15. The van der Waals surface area contributed by atoms with Crippen molar-refractivity contribution in [2.75, 3.05) is 11.9 Å². The van der Waals surface area contributed by atoms with Crippen molar-refractivity contribution in [3.05, 3.63) is 64.7 Å². The van der Waals surface area contributed by atoms with E-state index in [1.165, 1.54) is 17.0 Å². The second-order valence-corrected chi connectivity index (χ2v) is 11.7. The summed E-state index contributed by atoms with van der Waals surface area (Å²) in [5.74, 6) is -1.08. The average molecular weight is 598 g/mol. The molecule has 0 radical (unpaired) electrons. The Bertz CT molecular complexity index is 1250. The average Bonchev–Trinajstić information content (AvgIpc) is 2.90. The lowest BCUT2D eigenvalue weighted by Gasteiger charge is -2.41. The number of rotatable bonds is 9. The number of aliphatic carboxylic acids is 1. The van der Waals surface area contributed by atoms with Crippen LogP contribution in [0.25, 0.3) is 0 Å². The van der Waals surface area contributed by atoms with Gasteiger partial charge in [-0.15, -0.1) is 0 Å². The van der Waals surface area contributed by atoms with E-state index in [0.29, 0.717) is 36.5 Å². The van der Waals surface area contributed by atoms with E-state index in [1.807, 2.05) is 0 Å². The van der Waals surface area contributed by atoms with E-state index >= 15 is 0 Å². The Morgan fingerprint density at radius 2 is 1.60 bits per heavy atom. The summed E-state index contributed by atoms with van der Waals surface area (Å²) < 4.78 is 66.9. The number of hydrogen-bond donors (Lipinski definition) is 3. The van der Waals surface area contributed by atoms with Gasteiger partial charge in [-0.3, -0.25) is 9.59 Å². The quantitative estimate of drug-likeness (QED) is 0.261. The molecule has 0 aromatic heterocycles. The zero-order valence-corrected chi connectivity index (χ0v) is 23.7. The maximum atomic E-state index is 13.5. The van der Waals surface area contributed by atoms with Crippen LogP contribution in [0, 0.1) is 11.3 Å². The van der Waals surface area contributed by atoms with E-state index in [2.05, 4.69) is 31.4 Å². The smallest absolute Gasteiger partial charge is 0.416 e. The SMILES string of the molecule is CC(C)(C)C1CCC(N(Cc2ccc(C(=O)NCCC(=O)O)cc2)C(=O)Nc2cc(C(F)F)cc(C(F)(F)F)c2)CC1. The molecule has 1 aliphatic rings. The Labute approximate surface area is 241 Å². The lowest BCUT2D eigenvalue weighted by Crippen LogP contribution is -2.45. The summed E-state index contributed by atoms with van der Waals surface area (Å²) in [6.45, 7) is 6.48. The van der Waals surface area contributed by atoms with Gasteiger partial charge >= 0.3 is 18.2 Å². The van der Waals surface area contributed by atoms with E-state index in [1.54, 1.807) is 12.1 Å². The molecule has 1 saturated carbocycles. The van der Waals surface area contributed by atoms with Crippen LogP contribution < -0.4 is 10.6 Å². The topological polar surface area (TPSA) is 98.7 Å². The van der Waals surface area contributed by atoms with Gasteiger partial charge in [0.25, 0.3) is 12.3 Å². The number of urea groups is 1. The molecular formula is C30H36F5N3O4. The maximum absolute atomic E-state index is 13.5. The molecule has 230 valence electrons. The number of alkyl halides is 5. The van der Waals surface area contributed by atoms with Gasteiger partial charge in [0.2, 0.25) is 0 Å². The molecule has 1 fully saturated rings. The minimum Gasteiger partial charge on any atom is -0.481 e. The fourth-order valence-electron chi connectivity index (χ4n) is 5.17. The first-order chi connectivity index (χ1) is 19.5. The molecule has 42 heavy (non-hydrogen) atoms. The maximum Gasteiger partial charge on any atom is 0.416 e. The van der Waals surface area contributed by atoms with E-state index in [9.17, 15) is 36.3 Å². The van der Waals surface area contributed by atoms with Crippen LogP contribution >= 0.6 is 0 Å². The third-order valence-corrected chi connectivity index (χ3v) is 7.60. The molecule has 2 aromatic carbocycles. The number of carbonyl (C=O) groups excluding carboxylic acids is 2. The normalized spacial score (nSPS) is 17.5. The third-order valence-electron chi connectivity index (χ3n) is 7.60. The van der Waals surface area contributed by atoms with Crippen molar-refractivity contribution in [3.8, 4) is 0 Å². The number of carbonyl (C=O) groups is 3. The zero-order valence-electron chi connectivity index (χ0n) is 23.7. The van der Waals surface area contributed by atoms with Crippen molar-refractivity contribution in [1.82, 2.24) is 10.2 Å². The summed E-state index contributed by atoms with van der Waals surface area (Å²) in [5, 5.41) is 13.6. The fraction of sp³-hybridized carbons (Fsp3) is 0.500. The molecule has 0 saturated heterocycles. The molecule has 3 N–H and O–H groups in total. The van der Waals surface area contributed by atoms with E-state index in [0.717, 1.165) is 18.9 Å². The molecule has 0 bridgehead atoms. The fourth-order valence-corrected chi connectivity index (χ4v) is 5.17. The van der Waals surface area contributed by atoms with Crippen LogP contribution in [0.5, 0.6) is 0 Å². The lowest BCUT2D eigenvalue weighted by molar-refractivity contribution is -0.138. The van der Waals surface area contributed by atoms with Crippen molar-refractivity contribution < 1.29 is 41.4 Å². The molecule has 7 nitrogen and oxygen atoms in total. The highest BCUT2D eigenvalue weighted by atomic mass is 19.4. The van der Waals surface area contributed by atoms with Crippen LogP contribution in [-0.2, 0) is 17.5 Å². The number of nitrogens with zero attached hydrogens (tertiary/aromatic N) is 1. The Kier molecular flexibility index (Phi) is 10.6. The lowest BCUT2D eigenvalue weighted by atomic mass is 9.71. The number of carboxylic acids is 1. The number of benzene rings is 2. The van der Waals surface area contributed by atoms with Gasteiger partial charge in [0.1, 0.15) is 0 Å². The zero-order chi connectivity index (χ0) is 31.2. The number of halogens is 5. The number of anilines is 1. The predicted molar refractivity (Wildman–Crippen MR) is 147 cm³/mol. The number of hydrogen-bond acceptors (Lipinski definition) is 3. The minimum atomic E-state index is -4.88. The number of carboxylic acid groups (broad SMARTS) is 1. The summed E-state index contributed by atoms with van der Waals surface area (Å²) in [5.41, 5.74) is -1.52. The second kappa shape index (κ2) is 13.5. The summed E-state index contributed by atoms with van der Waals surface area (Å²) in [6.07, 6.45) is -5.27. The summed E-state index contributed by atoms with van der Waals surface area (Å²) in [7, 11) is 0. The molecule has 1 aliphatic carbocycles. The highest BCUT2D eigenvalue weighted by Crippen LogP contribution is 2.40. The first kappa shape index (κ1) is 32.8. The van der Waals surface area contributed by atoms with Crippen LogP contribution in [0.3, 0.4) is 0 Å². The molecule has 0 atom stereocenters. The van der Waals surface area contributed by atoms with Gasteiger partial charge in [0.15, 0.2) is 0 Å². The standard InChI is InChI=1S/C30H36F5N3O4/c1-29(2,3)21-8-10-24(11-9-21)38(17-18-4-6-19(7-5-18)27(41)36-13-12-25(39)40)28(42)37-23-15-20(26(31)32)14-22(16-23)30(33,34)35/h4-7,14-16,21,24,26H,8-13,17H2,1-3H3,(H,36,41)(H,37,42)(H,39,40). The molecular weight excluding hydrogens is 561 g/mol. The van der Waals surface area contributed by atoms with E-state index in [4.69, 9.17) is 5.11 Å². The van der Waals surface area contributed by atoms with Crippen molar-refractivity contribution in [2.45, 2.75) is 78.1 Å². The van der Waals surface area contributed by atoms with Crippen LogP contribution in [0.15, 0.2) is 42.5 Å². The van der Waals surface area contributed by atoms with Gasteiger partial charge in [-0.05, 0) is 72.9 Å². The molecule has 0 heterocycles. The minimum absolute atomic E-state index is 0.0378. The summed E-state index contributed by atoms with van der Waals surface area (Å²) >= 11 is 0. The van der Waals surface area contributed by atoms with E-state index < -0.39 is 41.6 Å². The molecule has 0 aliphatic heterocycles. The largest absolute Gasteiger partial charge is 0.481 e. The molecule has 3 amide bonds. The monoisotopic (exact) mass is 597 g/mol. The summed E-state index contributed by atoms with van der Waals surface area (Å²) in [4.78, 5) is 38.0. The molecule has 0 unspecified atom stereocenters. The van der Waals surface area contributed by atoms with Gasteiger partial charge in [-0.25, -0.2) is 13.6 Å². The Morgan fingerprint density at radius 1 is 0.976 bits per heavy atom. The summed E-state index contributed by atoms with van der Waals surface area (Å²) in [6, 6.07) is 7.19. The number of amides is 3. The Balaban J connectivity index is 1.83. The molecule has 3 rings (SSSR count). The van der Waals surface area contributed by atoms with E-state index in [-0.39, 0.29) is 42.2 Å². The van der Waals surface area contributed by atoms with Crippen LogP contribution in [0.2, 0.25) is 0 Å². The van der Waals surface area contributed by atoms with Crippen molar-refractivity contribution >= 4 is 23.6 Å². The van der Waals surface area contributed by atoms with Crippen LogP contribution in [0.4, 0.5) is 32.4 Å². The van der Waals surface area contributed by atoms with Crippen LogP contribution in [-0.4, -0.2) is 40.5 Å². The molecule has 2 aromatic rings. The van der Waals surface area contributed by atoms with Gasteiger partial charge < -0.3 is 20.6 Å². The Morgan fingerprint density at radius 3 is 2.12 bits per heavy atom. The van der Waals surface area contributed by atoms with Crippen molar-refractivity contribution in [1.29, 1.82) is 0 Å². The van der Waals surface area contributed by atoms with Crippen molar-refractivity contribution in [3.63, 3.8) is 0 Å². The first-order valence-electron chi connectivity index (χ1n) is 13.7.